The average molecular weight is 434 g/mol. The molecular formula is C19H17Cl2N5O3. The highest BCUT2D eigenvalue weighted by Crippen LogP contribution is 2.30. The Hall–Kier alpha value is -2.84. The molecule has 8 nitrogen and oxygen atoms in total. The minimum absolute atomic E-state index is 0.00850. The number of carbonyl (C=O) groups excluding carboxylic acids is 2. The van der Waals surface area contributed by atoms with E-state index in [1.807, 2.05) is 13.0 Å². The van der Waals surface area contributed by atoms with Gasteiger partial charge in [0.25, 0.3) is 0 Å². The number of aromatic nitrogens is 3. The molecule has 0 N–H and O–H groups in total. The number of hydrogen-bond acceptors (Lipinski definition) is 5. The number of oxazole rings is 1. The molecule has 10 heteroatoms. The van der Waals surface area contributed by atoms with Crippen molar-refractivity contribution >= 4 is 40.7 Å². The van der Waals surface area contributed by atoms with Gasteiger partial charge in [0.2, 0.25) is 17.7 Å². The number of rotatable bonds is 4. The van der Waals surface area contributed by atoms with E-state index in [1.165, 1.54) is 22.0 Å². The molecule has 0 spiro atoms. The van der Waals surface area contributed by atoms with Crippen LogP contribution in [0.5, 0.6) is 0 Å². The molecule has 1 aliphatic heterocycles. The summed E-state index contributed by atoms with van der Waals surface area (Å²) in [5, 5.41) is 5.29. The Balaban J connectivity index is 1.52. The van der Waals surface area contributed by atoms with Crippen molar-refractivity contribution in [1.29, 1.82) is 0 Å². The monoisotopic (exact) mass is 433 g/mol. The molecule has 0 bridgehead atoms. The molecule has 4 rings (SSSR count). The summed E-state index contributed by atoms with van der Waals surface area (Å²) in [6, 6.07) is 5.36. The molecule has 0 saturated carbocycles. The van der Waals surface area contributed by atoms with Crippen LogP contribution in [0.4, 0.5) is 5.69 Å². The summed E-state index contributed by atoms with van der Waals surface area (Å²) in [5.74, 6) is -0.135. The van der Waals surface area contributed by atoms with Gasteiger partial charge in [-0.1, -0.05) is 29.3 Å². The largest absolute Gasteiger partial charge is 0.443 e. The van der Waals surface area contributed by atoms with Gasteiger partial charge in [-0.2, -0.15) is 5.10 Å². The Morgan fingerprint density at radius 1 is 1.28 bits per heavy atom. The second kappa shape index (κ2) is 7.53. The molecule has 0 aliphatic carbocycles. The molecule has 3 aromatic rings. The van der Waals surface area contributed by atoms with E-state index < -0.39 is 0 Å². The molecule has 1 aromatic carbocycles. The third kappa shape index (κ3) is 3.49. The molecule has 2 aromatic heterocycles. The Labute approximate surface area is 176 Å². The molecule has 2 amide bonds. The van der Waals surface area contributed by atoms with Crippen LogP contribution < -0.4 is 4.90 Å². The Morgan fingerprint density at radius 3 is 2.79 bits per heavy atom. The molecule has 150 valence electrons. The van der Waals surface area contributed by atoms with E-state index in [0.29, 0.717) is 27.1 Å². The number of nitrogens with zero attached hydrogens (tertiary/aromatic N) is 5. The summed E-state index contributed by atoms with van der Waals surface area (Å²) in [6.45, 7) is 3.69. The van der Waals surface area contributed by atoms with E-state index >= 15 is 0 Å². The van der Waals surface area contributed by atoms with Crippen molar-refractivity contribution in [3.05, 3.63) is 52.0 Å². The standard InChI is InChI=1S/C19H17Cl2N5O3/c1-11-13(20)4-3-5-14(11)25-10-24(8-16(25)28)15(27)9-26-12(2)17(21)18(23-26)19-22-6-7-29-19/h3-7H,8-10H2,1-2H3. The summed E-state index contributed by atoms with van der Waals surface area (Å²) in [7, 11) is 0. The van der Waals surface area contributed by atoms with Crippen LogP contribution in [0, 0.1) is 13.8 Å². The van der Waals surface area contributed by atoms with Gasteiger partial charge in [-0.3, -0.25) is 19.2 Å². The van der Waals surface area contributed by atoms with E-state index in [-0.39, 0.29) is 37.5 Å². The van der Waals surface area contributed by atoms with Crippen molar-refractivity contribution < 1.29 is 14.0 Å². The lowest BCUT2D eigenvalue weighted by Gasteiger charge is -2.20. The number of benzene rings is 1. The minimum atomic E-state index is -0.248. The van der Waals surface area contributed by atoms with Crippen LogP contribution in [0.1, 0.15) is 11.3 Å². The summed E-state index contributed by atoms with van der Waals surface area (Å²) in [4.78, 5) is 32.4. The summed E-state index contributed by atoms with van der Waals surface area (Å²) in [5.41, 5.74) is 2.47. The summed E-state index contributed by atoms with van der Waals surface area (Å²) >= 11 is 12.5. The first-order chi connectivity index (χ1) is 13.9. The predicted octanol–water partition coefficient (Wildman–Crippen LogP) is 3.29. The lowest BCUT2D eigenvalue weighted by molar-refractivity contribution is -0.132. The molecule has 1 aliphatic rings. The van der Waals surface area contributed by atoms with Crippen LogP contribution in [0.15, 0.2) is 35.1 Å². The Morgan fingerprint density at radius 2 is 2.07 bits per heavy atom. The van der Waals surface area contributed by atoms with Gasteiger partial charge in [0.05, 0.1) is 16.9 Å². The topological polar surface area (TPSA) is 84.5 Å². The van der Waals surface area contributed by atoms with Crippen LogP contribution in [0.3, 0.4) is 0 Å². The van der Waals surface area contributed by atoms with E-state index in [9.17, 15) is 9.59 Å². The smallest absolute Gasteiger partial charge is 0.248 e. The first-order valence-electron chi connectivity index (χ1n) is 8.83. The molecule has 1 saturated heterocycles. The zero-order chi connectivity index (χ0) is 20.7. The minimum Gasteiger partial charge on any atom is -0.443 e. The number of hydrogen-bond donors (Lipinski definition) is 0. The van der Waals surface area contributed by atoms with Crippen molar-refractivity contribution in [3.63, 3.8) is 0 Å². The molecule has 0 radical (unpaired) electrons. The van der Waals surface area contributed by atoms with Crippen molar-refractivity contribution in [3.8, 4) is 11.6 Å². The van der Waals surface area contributed by atoms with Gasteiger partial charge >= 0.3 is 0 Å². The van der Waals surface area contributed by atoms with Crippen LogP contribution in [0.25, 0.3) is 11.6 Å². The maximum atomic E-state index is 12.8. The van der Waals surface area contributed by atoms with Gasteiger partial charge in [-0.15, -0.1) is 0 Å². The number of anilines is 1. The third-order valence-electron chi connectivity index (χ3n) is 4.88. The average Bonchev–Trinajstić information content (AvgIpc) is 3.41. The number of halogens is 2. The van der Waals surface area contributed by atoms with Gasteiger partial charge in [0, 0.05) is 10.7 Å². The Bertz CT molecular complexity index is 1090. The maximum Gasteiger partial charge on any atom is 0.248 e. The van der Waals surface area contributed by atoms with E-state index in [4.69, 9.17) is 27.6 Å². The Kier molecular flexibility index (Phi) is 5.06. The van der Waals surface area contributed by atoms with Gasteiger partial charge < -0.3 is 9.32 Å². The number of amides is 2. The molecule has 29 heavy (non-hydrogen) atoms. The van der Waals surface area contributed by atoms with Crippen molar-refractivity contribution in [2.24, 2.45) is 0 Å². The van der Waals surface area contributed by atoms with Crippen molar-refractivity contribution in [2.75, 3.05) is 18.1 Å². The van der Waals surface area contributed by atoms with E-state index in [1.54, 1.807) is 24.0 Å². The first-order valence-corrected chi connectivity index (χ1v) is 9.58. The highest BCUT2D eigenvalue weighted by Gasteiger charge is 2.33. The molecule has 0 atom stereocenters. The lowest BCUT2D eigenvalue weighted by atomic mass is 10.2. The molecular weight excluding hydrogens is 417 g/mol. The summed E-state index contributed by atoms with van der Waals surface area (Å²) in [6.07, 6.45) is 2.92. The molecule has 0 unspecified atom stereocenters. The first kappa shape index (κ1) is 19.5. The van der Waals surface area contributed by atoms with Crippen molar-refractivity contribution in [2.45, 2.75) is 20.4 Å². The fourth-order valence-corrected chi connectivity index (χ4v) is 3.58. The lowest BCUT2D eigenvalue weighted by Crippen LogP contribution is -2.34. The fraction of sp³-hybridized carbons (Fsp3) is 0.263. The predicted molar refractivity (Wildman–Crippen MR) is 108 cm³/mol. The zero-order valence-electron chi connectivity index (χ0n) is 15.7. The number of carbonyl (C=O) groups is 2. The van der Waals surface area contributed by atoms with Crippen LogP contribution in [0.2, 0.25) is 10.0 Å². The third-order valence-corrected chi connectivity index (χ3v) is 5.74. The van der Waals surface area contributed by atoms with Crippen LogP contribution in [-0.4, -0.2) is 44.7 Å². The zero-order valence-corrected chi connectivity index (χ0v) is 17.2. The molecule has 3 heterocycles. The second-order valence-corrected chi connectivity index (χ2v) is 7.47. The SMILES string of the molecule is Cc1c(Cl)cccc1N1CN(C(=O)Cn2nc(-c3ncco3)c(Cl)c2C)CC1=O. The van der Waals surface area contributed by atoms with Crippen LogP contribution >= 0.6 is 23.2 Å². The normalized spacial score (nSPS) is 14.1. The maximum absolute atomic E-state index is 12.8. The highest BCUT2D eigenvalue weighted by atomic mass is 35.5. The second-order valence-electron chi connectivity index (χ2n) is 6.68. The summed E-state index contributed by atoms with van der Waals surface area (Å²) < 4.78 is 6.73. The van der Waals surface area contributed by atoms with Gasteiger partial charge in [0.1, 0.15) is 26.0 Å². The fourth-order valence-electron chi connectivity index (χ4n) is 3.20. The van der Waals surface area contributed by atoms with Crippen LogP contribution in [-0.2, 0) is 16.1 Å². The quantitative estimate of drug-likeness (QED) is 0.629. The van der Waals surface area contributed by atoms with E-state index in [0.717, 1.165) is 5.56 Å². The highest BCUT2D eigenvalue weighted by molar-refractivity contribution is 6.33. The van der Waals surface area contributed by atoms with Crippen molar-refractivity contribution in [1.82, 2.24) is 19.7 Å². The van der Waals surface area contributed by atoms with Gasteiger partial charge in [-0.05, 0) is 31.5 Å². The van der Waals surface area contributed by atoms with E-state index in [2.05, 4.69) is 10.1 Å². The van der Waals surface area contributed by atoms with Gasteiger partial charge in [0.15, 0.2) is 5.69 Å². The van der Waals surface area contributed by atoms with Gasteiger partial charge in [-0.25, -0.2) is 4.98 Å². The molecule has 1 fully saturated rings.